The third-order valence-corrected chi connectivity index (χ3v) is 3.27. The summed E-state index contributed by atoms with van der Waals surface area (Å²) in [7, 11) is 0. The maximum atomic E-state index is 12.0. The van der Waals surface area contributed by atoms with E-state index in [1.807, 2.05) is 0 Å². The molecule has 0 saturated heterocycles. The van der Waals surface area contributed by atoms with Crippen LogP contribution in [0.5, 0.6) is 0 Å². The van der Waals surface area contributed by atoms with Gasteiger partial charge in [0, 0.05) is 6.07 Å². The number of aliphatic hydroxyl groups excluding tert-OH is 1. The number of nitrogens with one attached hydrogen (secondary N) is 1. The van der Waals surface area contributed by atoms with Crippen molar-refractivity contribution in [3.05, 3.63) is 38.9 Å². The van der Waals surface area contributed by atoms with Crippen LogP contribution in [0.25, 0.3) is 0 Å². The van der Waals surface area contributed by atoms with E-state index in [4.69, 9.17) is 16.7 Å². The first kappa shape index (κ1) is 12.8. The lowest BCUT2D eigenvalue weighted by molar-refractivity contribution is -0.385. The van der Waals surface area contributed by atoms with Crippen LogP contribution in [0.4, 0.5) is 5.69 Å². The number of nitro groups is 1. The molecule has 1 aliphatic carbocycles. The van der Waals surface area contributed by atoms with Gasteiger partial charge in [0.1, 0.15) is 5.56 Å². The second kappa shape index (κ2) is 4.55. The highest BCUT2D eigenvalue weighted by molar-refractivity contribution is 6.34. The molecule has 18 heavy (non-hydrogen) atoms. The van der Waals surface area contributed by atoms with E-state index in [0.29, 0.717) is 12.8 Å². The molecule has 2 rings (SSSR count). The maximum absolute atomic E-state index is 12.0. The van der Waals surface area contributed by atoms with Crippen molar-refractivity contribution in [1.29, 1.82) is 0 Å². The van der Waals surface area contributed by atoms with Gasteiger partial charge in [0.05, 0.1) is 22.1 Å². The van der Waals surface area contributed by atoms with Gasteiger partial charge in [-0.25, -0.2) is 0 Å². The summed E-state index contributed by atoms with van der Waals surface area (Å²) < 4.78 is 0. The number of carbonyl (C=O) groups excluding carboxylic acids is 1. The summed E-state index contributed by atoms with van der Waals surface area (Å²) in [4.78, 5) is 22.2. The van der Waals surface area contributed by atoms with Crippen LogP contribution in [0.2, 0.25) is 5.02 Å². The highest BCUT2D eigenvalue weighted by atomic mass is 35.5. The van der Waals surface area contributed by atoms with E-state index in [-0.39, 0.29) is 22.9 Å². The summed E-state index contributed by atoms with van der Waals surface area (Å²) >= 11 is 5.83. The molecule has 2 N–H and O–H groups in total. The van der Waals surface area contributed by atoms with Crippen LogP contribution in [0, 0.1) is 10.1 Å². The molecule has 1 saturated carbocycles. The Morgan fingerprint density at radius 1 is 1.56 bits per heavy atom. The Morgan fingerprint density at radius 3 is 2.72 bits per heavy atom. The van der Waals surface area contributed by atoms with E-state index in [2.05, 4.69) is 5.32 Å². The number of carbonyl (C=O) groups is 1. The van der Waals surface area contributed by atoms with Gasteiger partial charge in [0.15, 0.2) is 0 Å². The molecule has 0 heterocycles. The first-order valence-electron chi connectivity index (χ1n) is 5.35. The lowest BCUT2D eigenvalue weighted by Gasteiger charge is -2.14. The zero-order valence-electron chi connectivity index (χ0n) is 9.35. The zero-order valence-corrected chi connectivity index (χ0v) is 10.1. The quantitative estimate of drug-likeness (QED) is 0.640. The number of aliphatic hydroxyl groups is 1. The van der Waals surface area contributed by atoms with Crippen LogP contribution in [0.1, 0.15) is 23.2 Å². The van der Waals surface area contributed by atoms with Gasteiger partial charge in [-0.15, -0.1) is 0 Å². The molecule has 0 unspecified atom stereocenters. The summed E-state index contributed by atoms with van der Waals surface area (Å²) in [6.07, 6.45) is 1.32. The van der Waals surface area contributed by atoms with Crippen molar-refractivity contribution in [2.24, 2.45) is 0 Å². The minimum Gasteiger partial charge on any atom is -0.394 e. The largest absolute Gasteiger partial charge is 0.394 e. The summed E-state index contributed by atoms with van der Waals surface area (Å²) in [5.74, 6) is -0.626. The fourth-order valence-electron chi connectivity index (χ4n) is 1.67. The first-order chi connectivity index (χ1) is 8.49. The molecule has 0 atom stereocenters. The monoisotopic (exact) mass is 270 g/mol. The predicted molar refractivity (Wildman–Crippen MR) is 64.6 cm³/mol. The average Bonchev–Trinajstić information content (AvgIpc) is 3.08. The molecular weight excluding hydrogens is 260 g/mol. The average molecular weight is 271 g/mol. The smallest absolute Gasteiger partial charge is 0.283 e. The van der Waals surface area contributed by atoms with Gasteiger partial charge in [-0.05, 0) is 18.9 Å². The van der Waals surface area contributed by atoms with E-state index in [9.17, 15) is 14.9 Å². The van der Waals surface area contributed by atoms with E-state index >= 15 is 0 Å². The normalized spacial score (nSPS) is 16.1. The molecule has 96 valence electrons. The number of hydrogen-bond acceptors (Lipinski definition) is 4. The van der Waals surface area contributed by atoms with Gasteiger partial charge in [-0.1, -0.05) is 17.7 Å². The van der Waals surface area contributed by atoms with Gasteiger partial charge >= 0.3 is 0 Å². The van der Waals surface area contributed by atoms with Crippen molar-refractivity contribution in [3.8, 4) is 0 Å². The van der Waals surface area contributed by atoms with Gasteiger partial charge in [0.2, 0.25) is 0 Å². The van der Waals surface area contributed by atoms with Crippen molar-refractivity contribution < 1.29 is 14.8 Å². The molecule has 0 aromatic heterocycles. The Hall–Kier alpha value is -1.66. The fraction of sp³-hybridized carbons (Fsp3) is 0.364. The van der Waals surface area contributed by atoms with E-state index in [1.165, 1.54) is 18.2 Å². The Morgan fingerprint density at radius 2 is 2.22 bits per heavy atom. The Labute approximate surface area is 108 Å². The molecule has 1 aliphatic rings. The highest BCUT2D eigenvalue weighted by Gasteiger charge is 2.44. The van der Waals surface area contributed by atoms with Gasteiger partial charge in [-0.3, -0.25) is 14.9 Å². The predicted octanol–water partition coefficient (Wildman–Crippen LogP) is 1.50. The molecule has 0 aliphatic heterocycles. The minimum atomic E-state index is -0.653. The number of benzene rings is 1. The molecule has 6 nitrogen and oxygen atoms in total. The van der Waals surface area contributed by atoms with E-state index in [0.717, 1.165) is 0 Å². The van der Waals surface area contributed by atoms with E-state index in [1.54, 1.807) is 0 Å². The Balaban J connectivity index is 2.32. The second-order valence-corrected chi connectivity index (χ2v) is 4.69. The van der Waals surface area contributed by atoms with Gasteiger partial charge in [-0.2, -0.15) is 0 Å². The lowest BCUT2D eigenvalue weighted by atomic mass is 10.1. The molecule has 0 spiro atoms. The van der Waals surface area contributed by atoms with Crippen LogP contribution in [0.15, 0.2) is 18.2 Å². The van der Waals surface area contributed by atoms with Crippen LogP contribution in [-0.4, -0.2) is 28.1 Å². The maximum Gasteiger partial charge on any atom is 0.283 e. The summed E-state index contributed by atoms with van der Waals surface area (Å²) in [6, 6.07) is 4.05. The number of hydrogen-bond donors (Lipinski definition) is 2. The van der Waals surface area contributed by atoms with Crippen molar-refractivity contribution >= 4 is 23.2 Å². The number of amides is 1. The standard InChI is InChI=1S/C11H11ClN2O4/c12-7-2-1-3-8(14(17)18)9(7)10(16)13-11(6-15)4-5-11/h1-3,15H,4-6H2,(H,13,16). The molecule has 1 fully saturated rings. The van der Waals surface area contributed by atoms with Crippen LogP contribution in [0.3, 0.4) is 0 Å². The van der Waals surface area contributed by atoms with Crippen LogP contribution < -0.4 is 5.32 Å². The lowest BCUT2D eigenvalue weighted by Crippen LogP contribution is -2.39. The van der Waals surface area contributed by atoms with Crippen LogP contribution in [-0.2, 0) is 0 Å². The van der Waals surface area contributed by atoms with Crippen molar-refractivity contribution in [2.45, 2.75) is 18.4 Å². The Kier molecular flexibility index (Phi) is 3.23. The van der Waals surface area contributed by atoms with Crippen molar-refractivity contribution in [1.82, 2.24) is 5.32 Å². The highest BCUT2D eigenvalue weighted by Crippen LogP contribution is 2.36. The molecule has 0 bridgehead atoms. The van der Waals surface area contributed by atoms with Gasteiger partial charge in [0.25, 0.3) is 11.6 Å². The molecule has 1 aromatic rings. The number of halogens is 1. The number of rotatable bonds is 4. The number of nitro benzene ring substituents is 1. The molecular formula is C11H11ClN2O4. The van der Waals surface area contributed by atoms with E-state index < -0.39 is 16.4 Å². The number of nitrogens with zero attached hydrogens (tertiary/aromatic N) is 1. The third kappa shape index (κ3) is 2.30. The van der Waals surface area contributed by atoms with Crippen LogP contribution >= 0.6 is 11.6 Å². The zero-order chi connectivity index (χ0) is 13.3. The SMILES string of the molecule is O=C(NC1(CO)CC1)c1c(Cl)cccc1[N+](=O)[O-]. The van der Waals surface area contributed by atoms with Gasteiger partial charge < -0.3 is 10.4 Å². The summed E-state index contributed by atoms with van der Waals surface area (Å²) in [5.41, 5.74) is -1.14. The fourth-order valence-corrected chi connectivity index (χ4v) is 1.92. The first-order valence-corrected chi connectivity index (χ1v) is 5.73. The minimum absolute atomic E-state index is 0.0236. The second-order valence-electron chi connectivity index (χ2n) is 4.28. The molecule has 1 aromatic carbocycles. The molecule has 7 heteroatoms. The topological polar surface area (TPSA) is 92.5 Å². The molecule has 1 amide bonds. The third-order valence-electron chi connectivity index (χ3n) is 2.95. The summed E-state index contributed by atoms with van der Waals surface area (Å²) in [6.45, 7) is -0.184. The van der Waals surface area contributed by atoms with Crippen molar-refractivity contribution in [2.75, 3.05) is 6.61 Å². The van der Waals surface area contributed by atoms with Crippen molar-refractivity contribution in [3.63, 3.8) is 0 Å². The summed E-state index contributed by atoms with van der Waals surface area (Å²) in [5, 5.41) is 22.6. The Bertz CT molecular complexity index is 514. The molecule has 0 radical (unpaired) electrons.